The van der Waals surface area contributed by atoms with Gasteiger partial charge in [0.1, 0.15) is 11.6 Å². The number of rotatable bonds is 5. The summed E-state index contributed by atoms with van der Waals surface area (Å²) in [6.45, 7) is 2.07. The molecule has 0 radical (unpaired) electrons. The Morgan fingerprint density at radius 3 is 2.71 bits per heavy atom. The fourth-order valence-corrected chi connectivity index (χ4v) is 3.48. The Morgan fingerprint density at radius 1 is 1.17 bits per heavy atom. The third-order valence-electron chi connectivity index (χ3n) is 3.62. The lowest BCUT2D eigenvalue weighted by atomic mass is 10.2. The van der Waals surface area contributed by atoms with Crippen molar-refractivity contribution < 1.29 is 8.78 Å². The molecule has 0 saturated carbocycles. The topological polar surface area (TPSA) is 34.9 Å². The Hall–Kier alpha value is -2.21. The largest absolute Gasteiger partial charge is 0.268 e. The number of thioether (sulfide) groups is 1. The first-order valence-electron chi connectivity index (χ1n) is 7.72. The van der Waals surface area contributed by atoms with E-state index in [2.05, 4.69) is 11.9 Å². The van der Waals surface area contributed by atoms with Crippen LogP contribution in [0.25, 0.3) is 16.6 Å². The van der Waals surface area contributed by atoms with E-state index in [1.54, 1.807) is 24.3 Å². The van der Waals surface area contributed by atoms with Crippen LogP contribution in [0.4, 0.5) is 8.78 Å². The van der Waals surface area contributed by atoms with Crippen molar-refractivity contribution in [3.8, 4) is 5.69 Å². The Kier molecular flexibility index (Phi) is 4.94. The molecule has 3 rings (SSSR count). The zero-order valence-corrected chi connectivity index (χ0v) is 13.9. The second-order valence-corrected chi connectivity index (χ2v) is 6.41. The van der Waals surface area contributed by atoms with Gasteiger partial charge < -0.3 is 0 Å². The van der Waals surface area contributed by atoms with Gasteiger partial charge in [-0.05, 0) is 30.7 Å². The number of hydrogen-bond acceptors (Lipinski definition) is 3. The molecule has 0 saturated heterocycles. The maximum atomic E-state index is 14.2. The van der Waals surface area contributed by atoms with E-state index in [4.69, 9.17) is 0 Å². The first kappa shape index (κ1) is 16.6. The predicted molar refractivity (Wildman–Crippen MR) is 92.9 cm³/mol. The quantitative estimate of drug-likeness (QED) is 0.386. The molecule has 0 fully saturated rings. The molecule has 124 valence electrons. The summed E-state index contributed by atoms with van der Waals surface area (Å²) in [6.07, 6.45) is 1.97. The summed E-state index contributed by atoms with van der Waals surface area (Å²) in [7, 11) is 0. The molecule has 0 atom stereocenters. The molecular weight excluding hydrogens is 330 g/mol. The van der Waals surface area contributed by atoms with Crippen molar-refractivity contribution in [2.75, 3.05) is 5.75 Å². The van der Waals surface area contributed by atoms with Crippen LogP contribution >= 0.6 is 11.8 Å². The van der Waals surface area contributed by atoms with E-state index in [1.165, 1.54) is 22.4 Å². The number of nitrogens with zero attached hydrogens (tertiary/aromatic N) is 2. The lowest BCUT2D eigenvalue weighted by Crippen LogP contribution is -2.22. The lowest BCUT2D eigenvalue weighted by Gasteiger charge is -2.13. The molecule has 2 aromatic carbocycles. The van der Waals surface area contributed by atoms with Gasteiger partial charge in [-0.3, -0.25) is 9.36 Å². The van der Waals surface area contributed by atoms with Crippen molar-refractivity contribution in [1.29, 1.82) is 0 Å². The van der Waals surface area contributed by atoms with Gasteiger partial charge in [-0.25, -0.2) is 13.8 Å². The average Bonchev–Trinajstić information content (AvgIpc) is 2.57. The van der Waals surface area contributed by atoms with Gasteiger partial charge >= 0.3 is 0 Å². The Labute approximate surface area is 142 Å². The van der Waals surface area contributed by atoms with Gasteiger partial charge in [0.2, 0.25) is 0 Å². The number of hydrogen-bond donors (Lipinski definition) is 0. The first-order chi connectivity index (χ1) is 11.6. The van der Waals surface area contributed by atoms with Crippen molar-refractivity contribution >= 4 is 22.7 Å². The van der Waals surface area contributed by atoms with Crippen molar-refractivity contribution in [3.63, 3.8) is 0 Å². The number of fused-ring (bicyclic) bond motifs is 1. The molecule has 0 aliphatic heterocycles. The minimum Gasteiger partial charge on any atom is -0.268 e. The van der Waals surface area contributed by atoms with Gasteiger partial charge in [-0.2, -0.15) is 0 Å². The van der Waals surface area contributed by atoms with E-state index in [0.29, 0.717) is 16.1 Å². The molecule has 0 aliphatic rings. The number of halogens is 2. The van der Waals surface area contributed by atoms with Gasteiger partial charge in [0.15, 0.2) is 5.16 Å². The van der Waals surface area contributed by atoms with Crippen LogP contribution in [-0.4, -0.2) is 15.3 Å². The minimum atomic E-state index is -0.786. The highest BCUT2D eigenvalue weighted by Crippen LogP contribution is 2.24. The summed E-state index contributed by atoms with van der Waals surface area (Å²) in [5, 5.41) is 0.818. The molecule has 3 aromatic rings. The van der Waals surface area contributed by atoms with Gasteiger partial charge in [-0.1, -0.05) is 37.2 Å². The van der Waals surface area contributed by atoms with Crippen molar-refractivity contribution in [1.82, 2.24) is 9.55 Å². The third-order valence-corrected chi connectivity index (χ3v) is 4.65. The van der Waals surface area contributed by atoms with Crippen LogP contribution in [0.5, 0.6) is 0 Å². The highest BCUT2D eigenvalue weighted by Gasteiger charge is 2.16. The SMILES string of the molecule is CCCCSc1nc2ccccc2c(=O)n1-c1ccc(F)cc1F. The van der Waals surface area contributed by atoms with Crippen LogP contribution in [0.3, 0.4) is 0 Å². The van der Waals surface area contributed by atoms with E-state index >= 15 is 0 Å². The van der Waals surface area contributed by atoms with Crippen LogP contribution in [0.15, 0.2) is 52.4 Å². The van der Waals surface area contributed by atoms with Crippen molar-refractivity contribution in [2.45, 2.75) is 24.9 Å². The Balaban J connectivity index is 2.24. The van der Waals surface area contributed by atoms with Gasteiger partial charge in [0, 0.05) is 11.8 Å². The van der Waals surface area contributed by atoms with Gasteiger partial charge in [0.05, 0.1) is 16.6 Å². The first-order valence-corrected chi connectivity index (χ1v) is 8.70. The fraction of sp³-hybridized carbons (Fsp3) is 0.222. The molecule has 6 heteroatoms. The smallest absolute Gasteiger partial charge is 0.266 e. The van der Waals surface area contributed by atoms with Crippen molar-refractivity contribution in [3.05, 3.63) is 64.5 Å². The molecule has 0 bridgehead atoms. The minimum absolute atomic E-state index is 0.0126. The molecular formula is C18H16F2N2OS. The van der Waals surface area contributed by atoms with Crippen LogP contribution < -0.4 is 5.56 Å². The number of benzene rings is 2. The number of aromatic nitrogens is 2. The van der Waals surface area contributed by atoms with E-state index in [9.17, 15) is 13.6 Å². The standard InChI is InChI=1S/C18H16F2N2OS/c1-2-3-10-24-18-21-15-7-5-4-6-13(15)17(23)22(18)16-9-8-12(19)11-14(16)20/h4-9,11H,2-3,10H2,1H3. The molecule has 0 amide bonds. The average molecular weight is 346 g/mol. The maximum Gasteiger partial charge on any atom is 0.266 e. The lowest BCUT2D eigenvalue weighted by molar-refractivity contribution is 0.572. The molecule has 24 heavy (non-hydrogen) atoms. The molecule has 0 unspecified atom stereocenters. The van der Waals surface area contributed by atoms with E-state index in [-0.39, 0.29) is 11.2 Å². The zero-order chi connectivity index (χ0) is 17.1. The number of para-hydroxylation sites is 1. The van der Waals surface area contributed by atoms with E-state index in [1.807, 2.05) is 0 Å². The second kappa shape index (κ2) is 7.13. The predicted octanol–water partition coefficient (Wildman–Crippen LogP) is 4.56. The van der Waals surface area contributed by atoms with Crippen LogP contribution in [-0.2, 0) is 0 Å². The van der Waals surface area contributed by atoms with Crippen LogP contribution in [0, 0.1) is 11.6 Å². The van der Waals surface area contributed by atoms with E-state index < -0.39 is 11.6 Å². The summed E-state index contributed by atoms with van der Waals surface area (Å²) >= 11 is 1.40. The molecule has 1 aromatic heterocycles. The summed E-state index contributed by atoms with van der Waals surface area (Å²) in [4.78, 5) is 17.4. The summed E-state index contributed by atoms with van der Waals surface area (Å²) < 4.78 is 28.7. The zero-order valence-electron chi connectivity index (χ0n) is 13.1. The fourth-order valence-electron chi connectivity index (χ4n) is 2.39. The van der Waals surface area contributed by atoms with E-state index in [0.717, 1.165) is 30.7 Å². The Bertz CT molecular complexity index is 940. The monoisotopic (exact) mass is 346 g/mol. The molecule has 0 aliphatic carbocycles. The number of unbranched alkanes of at least 4 members (excludes halogenated alkanes) is 1. The highest BCUT2D eigenvalue weighted by atomic mass is 32.2. The second-order valence-electron chi connectivity index (χ2n) is 5.35. The van der Waals surface area contributed by atoms with Gasteiger partial charge in [-0.15, -0.1) is 0 Å². The summed E-state index contributed by atoms with van der Waals surface area (Å²) in [5.74, 6) is -0.700. The highest BCUT2D eigenvalue weighted by molar-refractivity contribution is 7.99. The molecule has 0 N–H and O–H groups in total. The van der Waals surface area contributed by atoms with Crippen LogP contribution in [0.1, 0.15) is 19.8 Å². The third kappa shape index (κ3) is 3.19. The normalized spacial score (nSPS) is 11.1. The Morgan fingerprint density at radius 2 is 1.96 bits per heavy atom. The van der Waals surface area contributed by atoms with Crippen molar-refractivity contribution in [2.24, 2.45) is 0 Å². The summed E-state index contributed by atoms with van der Waals surface area (Å²) in [5.41, 5.74) is 0.226. The molecule has 1 heterocycles. The molecule has 0 spiro atoms. The van der Waals surface area contributed by atoms with Crippen LogP contribution in [0.2, 0.25) is 0 Å². The summed E-state index contributed by atoms with van der Waals surface area (Å²) in [6, 6.07) is 10.1. The molecule has 3 nitrogen and oxygen atoms in total. The van der Waals surface area contributed by atoms with Gasteiger partial charge in [0.25, 0.3) is 5.56 Å². The maximum absolute atomic E-state index is 14.2.